The molecule has 2 aliphatic heterocycles. The lowest BCUT2D eigenvalue weighted by molar-refractivity contribution is -0.134. The van der Waals surface area contributed by atoms with Gasteiger partial charge in [-0.3, -0.25) is 9.89 Å². The van der Waals surface area contributed by atoms with E-state index < -0.39 is 0 Å². The molecule has 0 atom stereocenters. The van der Waals surface area contributed by atoms with Gasteiger partial charge in [0, 0.05) is 44.9 Å². The Labute approximate surface area is 177 Å². The highest BCUT2D eigenvalue weighted by Crippen LogP contribution is 2.14. The van der Waals surface area contributed by atoms with Gasteiger partial charge in [-0.2, -0.15) is 0 Å². The van der Waals surface area contributed by atoms with E-state index in [1.165, 1.54) is 18.7 Å². The van der Waals surface area contributed by atoms with Gasteiger partial charge in [0.15, 0.2) is 0 Å². The largest absolute Gasteiger partial charge is 0.494 e. The zero-order valence-corrected chi connectivity index (χ0v) is 17.4. The summed E-state index contributed by atoms with van der Waals surface area (Å²) in [5.74, 6) is 1.36. The summed E-state index contributed by atoms with van der Waals surface area (Å²) in [6.45, 7) is 6.47. The van der Waals surface area contributed by atoms with Crippen LogP contribution in [0.1, 0.15) is 12.0 Å². The molecule has 0 saturated carbocycles. The van der Waals surface area contributed by atoms with E-state index in [0.717, 1.165) is 56.6 Å². The monoisotopic (exact) mass is 414 g/mol. The highest BCUT2D eigenvalue weighted by atomic mass is 16.5. The second kappa shape index (κ2) is 12.0. The van der Waals surface area contributed by atoms with Crippen LogP contribution in [0.4, 0.5) is 0 Å². The molecule has 30 heavy (non-hydrogen) atoms. The Morgan fingerprint density at radius 3 is 2.77 bits per heavy atom. The molecule has 0 spiro atoms. The maximum Gasteiger partial charge on any atom is 0.330 e. The fourth-order valence-corrected chi connectivity index (χ4v) is 3.06. The van der Waals surface area contributed by atoms with E-state index in [4.69, 9.17) is 9.47 Å². The Bertz CT molecular complexity index is 768. The summed E-state index contributed by atoms with van der Waals surface area (Å²) in [6.07, 6.45) is 5.64. The lowest BCUT2D eigenvalue weighted by atomic mass is 10.2. The number of allylic oxidation sites excluding steroid dienone is 1. The zero-order valence-electron chi connectivity index (χ0n) is 17.4. The highest BCUT2D eigenvalue weighted by molar-refractivity contribution is 5.87. The van der Waals surface area contributed by atoms with Crippen LogP contribution in [0.2, 0.25) is 0 Å². The number of aliphatic imine (C=N–C) groups is 1. The number of amidine groups is 1. The summed E-state index contributed by atoms with van der Waals surface area (Å²) >= 11 is 0. The average molecular weight is 415 g/mol. The molecule has 3 rings (SSSR count). The van der Waals surface area contributed by atoms with Crippen LogP contribution in [0.25, 0.3) is 0 Å². The van der Waals surface area contributed by atoms with E-state index in [-0.39, 0.29) is 5.97 Å². The molecule has 0 aromatic heterocycles. The number of nitrogens with one attached hydrogen (secondary N) is 2. The van der Waals surface area contributed by atoms with E-state index in [9.17, 15) is 4.79 Å². The van der Waals surface area contributed by atoms with Crippen molar-refractivity contribution >= 4 is 11.8 Å². The van der Waals surface area contributed by atoms with Crippen molar-refractivity contribution in [3.63, 3.8) is 0 Å². The first kappa shape index (κ1) is 21.9. The van der Waals surface area contributed by atoms with Gasteiger partial charge in [0.1, 0.15) is 11.6 Å². The number of nitrogens with zero attached hydrogens (tertiary/aromatic N) is 2. The van der Waals surface area contributed by atoms with Gasteiger partial charge in [-0.15, -0.1) is 0 Å². The second-order valence-electron chi connectivity index (χ2n) is 7.02. The van der Waals surface area contributed by atoms with Gasteiger partial charge in [0.25, 0.3) is 0 Å². The fraction of sp³-hybridized carbons (Fsp3) is 0.455. The molecule has 8 heteroatoms. The fourth-order valence-electron chi connectivity index (χ4n) is 3.06. The molecule has 1 saturated heterocycles. The van der Waals surface area contributed by atoms with Gasteiger partial charge in [-0.05, 0) is 23.8 Å². The number of benzene rings is 1. The third-order valence-corrected chi connectivity index (χ3v) is 4.76. The van der Waals surface area contributed by atoms with E-state index >= 15 is 0 Å². The average Bonchev–Trinajstić information content (AvgIpc) is 2.80. The number of esters is 1. The summed E-state index contributed by atoms with van der Waals surface area (Å²) in [6, 6.07) is 8.31. The normalized spacial score (nSPS) is 18.6. The molecule has 0 bridgehead atoms. The Hall–Kier alpha value is -2.84. The van der Waals surface area contributed by atoms with Crippen LogP contribution >= 0.6 is 0 Å². The Morgan fingerprint density at radius 2 is 2.07 bits per heavy atom. The molecule has 0 unspecified atom stereocenters. The Morgan fingerprint density at radius 1 is 1.27 bits per heavy atom. The van der Waals surface area contributed by atoms with Crippen molar-refractivity contribution < 1.29 is 19.0 Å². The van der Waals surface area contributed by atoms with Crippen LogP contribution in [0, 0.1) is 0 Å². The van der Waals surface area contributed by atoms with Crippen LogP contribution in [-0.4, -0.2) is 69.8 Å². The molecule has 0 aliphatic carbocycles. The summed E-state index contributed by atoms with van der Waals surface area (Å²) < 4.78 is 15.8. The molecule has 8 nitrogen and oxygen atoms in total. The summed E-state index contributed by atoms with van der Waals surface area (Å²) in [7, 11) is 1.35. The molecule has 1 aromatic rings. The molecule has 0 radical (unpaired) electrons. The molecular formula is C22H30N4O4. The molecule has 2 aliphatic rings. The molecule has 1 aromatic carbocycles. The molecule has 0 amide bonds. The predicted octanol–water partition coefficient (Wildman–Crippen LogP) is 1.45. The lowest BCUT2D eigenvalue weighted by Crippen LogP contribution is -2.36. The van der Waals surface area contributed by atoms with E-state index in [0.29, 0.717) is 19.7 Å². The minimum atomic E-state index is -0.385. The van der Waals surface area contributed by atoms with Crippen LogP contribution in [-0.2, 0) is 20.8 Å². The number of carbonyl (C=O) groups excluding carboxylic acids is 1. The number of ether oxygens (including phenoxy) is 3. The molecule has 1 fully saturated rings. The molecule has 2 heterocycles. The number of rotatable bonds is 9. The van der Waals surface area contributed by atoms with Gasteiger partial charge >= 0.3 is 5.97 Å². The van der Waals surface area contributed by atoms with Crippen LogP contribution in [0.15, 0.2) is 53.3 Å². The topological polar surface area (TPSA) is 84.4 Å². The minimum Gasteiger partial charge on any atom is -0.494 e. The van der Waals surface area contributed by atoms with Crippen LogP contribution in [0.5, 0.6) is 5.75 Å². The smallest absolute Gasteiger partial charge is 0.330 e. The number of hydrogen-bond acceptors (Lipinski definition) is 7. The van der Waals surface area contributed by atoms with Crippen molar-refractivity contribution in [2.75, 3.05) is 53.1 Å². The maximum atomic E-state index is 11.1. The Balaban J connectivity index is 1.32. The maximum absolute atomic E-state index is 11.1. The molecular weight excluding hydrogens is 384 g/mol. The first-order chi connectivity index (χ1) is 14.7. The van der Waals surface area contributed by atoms with Crippen LogP contribution < -0.4 is 15.4 Å². The van der Waals surface area contributed by atoms with E-state index in [2.05, 4.69) is 37.4 Å². The minimum absolute atomic E-state index is 0.385. The number of methoxy groups -OCH3 is 1. The molecule has 162 valence electrons. The second-order valence-corrected chi connectivity index (χ2v) is 7.02. The van der Waals surface area contributed by atoms with Crippen molar-refractivity contribution in [2.45, 2.75) is 13.0 Å². The summed E-state index contributed by atoms with van der Waals surface area (Å²) in [5, 5.41) is 6.31. The van der Waals surface area contributed by atoms with Gasteiger partial charge < -0.3 is 24.8 Å². The van der Waals surface area contributed by atoms with Crippen molar-refractivity contribution in [3.8, 4) is 5.75 Å². The predicted molar refractivity (Wildman–Crippen MR) is 115 cm³/mol. The van der Waals surface area contributed by atoms with Gasteiger partial charge in [0.05, 0.1) is 39.2 Å². The first-order valence-electron chi connectivity index (χ1n) is 10.2. The van der Waals surface area contributed by atoms with Crippen LogP contribution in [0.3, 0.4) is 0 Å². The van der Waals surface area contributed by atoms with Gasteiger partial charge in [-0.25, -0.2) is 4.79 Å². The summed E-state index contributed by atoms with van der Waals surface area (Å²) in [4.78, 5) is 18.0. The van der Waals surface area contributed by atoms with Gasteiger partial charge in [0.2, 0.25) is 0 Å². The van der Waals surface area contributed by atoms with Crippen molar-refractivity contribution in [1.29, 1.82) is 0 Å². The van der Waals surface area contributed by atoms with Crippen molar-refractivity contribution in [3.05, 3.63) is 53.9 Å². The quantitative estimate of drug-likeness (QED) is 0.359. The standard InChI is InChI=1S/C22H30N4O4/c1-28-22(27)8-5-19-15-25-21(16-24-19)23-9-2-12-30-20-6-3-18(4-7-20)17-26-10-13-29-14-11-26/h3-8,15,24H,2,9-14,16-17H2,1H3,(H,23,25)/b8-5+. The van der Waals surface area contributed by atoms with E-state index in [1.54, 1.807) is 12.3 Å². The number of morpholine rings is 1. The third kappa shape index (κ3) is 7.53. The van der Waals surface area contributed by atoms with Crippen molar-refractivity contribution in [1.82, 2.24) is 15.5 Å². The third-order valence-electron chi connectivity index (χ3n) is 4.76. The first-order valence-corrected chi connectivity index (χ1v) is 10.2. The summed E-state index contributed by atoms with van der Waals surface area (Å²) in [5.41, 5.74) is 2.10. The van der Waals surface area contributed by atoms with Gasteiger partial charge in [-0.1, -0.05) is 12.1 Å². The Kier molecular flexibility index (Phi) is 8.74. The zero-order chi connectivity index (χ0) is 21.0. The number of hydrogen-bond donors (Lipinski definition) is 2. The lowest BCUT2D eigenvalue weighted by Gasteiger charge is -2.26. The van der Waals surface area contributed by atoms with Crippen molar-refractivity contribution in [2.24, 2.45) is 4.99 Å². The SMILES string of the molecule is COC(=O)/C=C/C1=CNC(=NCCCOc2ccc(CN3CCOCC3)cc2)CN1. The number of carbonyl (C=O) groups is 1. The molecule has 2 N–H and O–H groups in total. The highest BCUT2D eigenvalue weighted by Gasteiger charge is 2.10. The van der Waals surface area contributed by atoms with E-state index in [1.807, 2.05) is 12.1 Å².